The summed E-state index contributed by atoms with van der Waals surface area (Å²) in [5, 5.41) is 5.50. The summed E-state index contributed by atoms with van der Waals surface area (Å²) in [6.07, 6.45) is 4.68. The Morgan fingerprint density at radius 3 is 2.82 bits per heavy atom. The Hall–Kier alpha value is -3.81. The molecule has 0 atom stereocenters. The van der Waals surface area contributed by atoms with Crippen molar-refractivity contribution in [3.05, 3.63) is 65.2 Å². The number of benzene rings is 2. The van der Waals surface area contributed by atoms with Gasteiger partial charge in [-0.15, -0.1) is 0 Å². The molecule has 1 aliphatic carbocycles. The predicted molar refractivity (Wildman–Crippen MR) is 121 cm³/mol. The molecular formula is C25H23FN4O3. The number of esters is 1. The zero-order valence-electron chi connectivity index (χ0n) is 18.5. The zero-order chi connectivity index (χ0) is 22.9. The Bertz CT molecular complexity index is 1370. The van der Waals surface area contributed by atoms with E-state index < -0.39 is 5.82 Å². The van der Waals surface area contributed by atoms with Gasteiger partial charge in [-0.25, -0.2) is 19.0 Å². The molecule has 0 aliphatic heterocycles. The van der Waals surface area contributed by atoms with Gasteiger partial charge >= 0.3 is 5.97 Å². The highest BCUT2D eigenvalue weighted by Gasteiger charge is 2.23. The third-order valence-corrected chi connectivity index (χ3v) is 5.81. The van der Waals surface area contributed by atoms with Crippen LogP contribution in [0.3, 0.4) is 0 Å². The van der Waals surface area contributed by atoms with E-state index in [-0.39, 0.29) is 18.1 Å². The summed E-state index contributed by atoms with van der Waals surface area (Å²) in [4.78, 5) is 21.4. The highest BCUT2D eigenvalue weighted by Crippen LogP contribution is 2.31. The van der Waals surface area contributed by atoms with E-state index in [0.717, 1.165) is 47.0 Å². The molecule has 0 saturated heterocycles. The van der Waals surface area contributed by atoms with Crippen LogP contribution >= 0.6 is 0 Å². The Balaban J connectivity index is 1.58. The second-order valence-electron chi connectivity index (χ2n) is 7.93. The van der Waals surface area contributed by atoms with Crippen LogP contribution in [-0.4, -0.2) is 39.4 Å². The van der Waals surface area contributed by atoms with Gasteiger partial charge in [0.05, 0.1) is 31.9 Å². The van der Waals surface area contributed by atoms with Gasteiger partial charge in [0.1, 0.15) is 0 Å². The molecule has 8 heteroatoms. The van der Waals surface area contributed by atoms with E-state index in [4.69, 9.17) is 19.4 Å². The summed E-state index contributed by atoms with van der Waals surface area (Å²) in [6, 6.07) is 10.5. The highest BCUT2D eigenvalue weighted by molar-refractivity contribution is 5.83. The lowest BCUT2D eigenvalue weighted by atomic mass is 10.1. The Labute approximate surface area is 190 Å². The number of aromatic nitrogens is 4. The average Bonchev–Trinajstić information content (AvgIpc) is 3.45. The van der Waals surface area contributed by atoms with Crippen molar-refractivity contribution in [3.63, 3.8) is 0 Å². The third-order valence-electron chi connectivity index (χ3n) is 5.81. The minimum Gasteiger partial charge on any atom is -0.494 e. The molecule has 1 aliphatic rings. The van der Waals surface area contributed by atoms with Crippen LogP contribution in [0.15, 0.2) is 42.6 Å². The van der Waals surface area contributed by atoms with Crippen molar-refractivity contribution in [2.45, 2.75) is 32.6 Å². The maximum absolute atomic E-state index is 14.3. The van der Waals surface area contributed by atoms with Crippen molar-refractivity contribution in [1.29, 1.82) is 0 Å². The van der Waals surface area contributed by atoms with E-state index in [2.05, 4.69) is 5.10 Å². The monoisotopic (exact) mass is 446 g/mol. The van der Waals surface area contributed by atoms with Gasteiger partial charge in [-0.05, 0) is 62.1 Å². The maximum atomic E-state index is 14.3. The second-order valence-corrected chi connectivity index (χ2v) is 7.93. The molecule has 0 fully saturated rings. The standard InChI is InChI=1S/C25H23FN4O3/c1-3-33-23(31)12-15-7-9-21-17(11-15)14-27-30(21)25-18-5-4-6-20(18)28-24(29-25)16-8-10-22(32-2)19(26)13-16/h7-11,13-14H,3-6,12H2,1-2H3. The van der Waals surface area contributed by atoms with Gasteiger partial charge in [-0.1, -0.05) is 6.07 Å². The number of rotatable bonds is 6. The van der Waals surface area contributed by atoms with E-state index in [0.29, 0.717) is 23.8 Å². The number of nitrogens with zero attached hydrogens (tertiary/aromatic N) is 4. The number of carbonyl (C=O) groups excluding carboxylic acids is 1. The smallest absolute Gasteiger partial charge is 0.310 e. The second kappa shape index (κ2) is 8.61. The van der Waals surface area contributed by atoms with Crippen LogP contribution in [0.2, 0.25) is 0 Å². The summed E-state index contributed by atoms with van der Waals surface area (Å²) in [7, 11) is 1.43. The molecule has 0 radical (unpaired) electrons. The molecule has 2 aromatic heterocycles. The van der Waals surface area contributed by atoms with Crippen molar-refractivity contribution < 1.29 is 18.7 Å². The number of hydrogen-bond acceptors (Lipinski definition) is 6. The fourth-order valence-corrected chi connectivity index (χ4v) is 4.26. The summed E-state index contributed by atoms with van der Waals surface area (Å²) >= 11 is 0. The van der Waals surface area contributed by atoms with E-state index in [1.807, 2.05) is 18.2 Å². The van der Waals surface area contributed by atoms with E-state index >= 15 is 0 Å². The van der Waals surface area contributed by atoms with E-state index in [9.17, 15) is 9.18 Å². The van der Waals surface area contributed by atoms with Crippen molar-refractivity contribution in [2.75, 3.05) is 13.7 Å². The minimum absolute atomic E-state index is 0.178. The molecule has 2 heterocycles. The van der Waals surface area contributed by atoms with Gasteiger partial charge < -0.3 is 9.47 Å². The number of carbonyl (C=O) groups is 1. The number of aryl methyl sites for hydroxylation is 1. The molecule has 0 unspecified atom stereocenters. The van der Waals surface area contributed by atoms with Crippen LogP contribution in [-0.2, 0) is 28.8 Å². The molecule has 0 spiro atoms. The number of methoxy groups -OCH3 is 1. The van der Waals surface area contributed by atoms with Crippen molar-refractivity contribution in [1.82, 2.24) is 19.7 Å². The van der Waals surface area contributed by atoms with Crippen LogP contribution < -0.4 is 4.74 Å². The summed E-state index contributed by atoms with van der Waals surface area (Å²) in [5.74, 6) is 0.622. The van der Waals surface area contributed by atoms with Gasteiger partial charge in [-0.2, -0.15) is 5.10 Å². The lowest BCUT2D eigenvalue weighted by Gasteiger charge is -2.12. The lowest BCUT2D eigenvalue weighted by molar-refractivity contribution is -0.142. The third kappa shape index (κ3) is 3.92. The number of halogens is 1. The Kier molecular flexibility index (Phi) is 5.50. The van der Waals surface area contributed by atoms with Crippen LogP contribution in [0.1, 0.15) is 30.2 Å². The molecule has 0 N–H and O–H groups in total. The summed E-state index contributed by atoms with van der Waals surface area (Å²) in [6.45, 7) is 2.15. The van der Waals surface area contributed by atoms with E-state index in [1.165, 1.54) is 13.2 Å². The first-order valence-corrected chi connectivity index (χ1v) is 10.9. The predicted octanol–water partition coefficient (Wildman–Crippen LogP) is 4.22. The first kappa shape index (κ1) is 21.1. The molecule has 2 aromatic carbocycles. The SMILES string of the molecule is CCOC(=O)Cc1ccc2c(cnn2-c2nc(-c3ccc(OC)c(F)c3)nc3c2CCC3)c1. The summed E-state index contributed by atoms with van der Waals surface area (Å²) < 4.78 is 26.2. The minimum atomic E-state index is -0.459. The molecule has 7 nitrogen and oxygen atoms in total. The number of fused-ring (bicyclic) bond motifs is 2. The fraction of sp³-hybridized carbons (Fsp3) is 0.280. The quantitative estimate of drug-likeness (QED) is 0.413. The fourth-order valence-electron chi connectivity index (χ4n) is 4.26. The van der Waals surface area contributed by atoms with Crippen molar-refractivity contribution in [3.8, 4) is 23.0 Å². The maximum Gasteiger partial charge on any atom is 0.310 e. The Morgan fingerprint density at radius 1 is 1.15 bits per heavy atom. The topological polar surface area (TPSA) is 79.1 Å². The van der Waals surface area contributed by atoms with Gasteiger partial charge in [0.25, 0.3) is 0 Å². The van der Waals surface area contributed by atoms with Gasteiger partial charge in [-0.3, -0.25) is 4.79 Å². The molecule has 0 saturated carbocycles. The first-order chi connectivity index (χ1) is 16.1. The van der Waals surface area contributed by atoms with Crippen LogP contribution in [0.4, 0.5) is 4.39 Å². The molecular weight excluding hydrogens is 423 g/mol. The molecule has 4 aromatic rings. The van der Waals surface area contributed by atoms with Crippen molar-refractivity contribution in [2.24, 2.45) is 0 Å². The normalized spacial score (nSPS) is 12.7. The van der Waals surface area contributed by atoms with Gasteiger partial charge in [0, 0.05) is 22.2 Å². The van der Waals surface area contributed by atoms with Gasteiger partial charge in [0.2, 0.25) is 0 Å². The van der Waals surface area contributed by atoms with Crippen LogP contribution in [0, 0.1) is 5.82 Å². The number of ether oxygens (including phenoxy) is 2. The van der Waals surface area contributed by atoms with Crippen LogP contribution in [0.25, 0.3) is 28.1 Å². The molecule has 168 valence electrons. The highest BCUT2D eigenvalue weighted by atomic mass is 19.1. The lowest BCUT2D eigenvalue weighted by Crippen LogP contribution is -2.08. The molecule has 33 heavy (non-hydrogen) atoms. The zero-order valence-corrected chi connectivity index (χ0v) is 18.5. The van der Waals surface area contributed by atoms with E-state index in [1.54, 1.807) is 29.9 Å². The molecule has 5 rings (SSSR count). The average molecular weight is 446 g/mol. The van der Waals surface area contributed by atoms with Gasteiger partial charge in [0.15, 0.2) is 23.2 Å². The first-order valence-electron chi connectivity index (χ1n) is 10.9. The van der Waals surface area contributed by atoms with Crippen LogP contribution in [0.5, 0.6) is 5.75 Å². The number of hydrogen-bond donors (Lipinski definition) is 0. The van der Waals surface area contributed by atoms with Crippen molar-refractivity contribution >= 4 is 16.9 Å². The molecule has 0 amide bonds. The molecule has 0 bridgehead atoms. The summed E-state index contributed by atoms with van der Waals surface area (Å²) in [5.41, 5.74) is 4.35. The Morgan fingerprint density at radius 2 is 2.03 bits per heavy atom. The largest absolute Gasteiger partial charge is 0.494 e.